The molecule has 0 bridgehead atoms. The topological polar surface area (TPSA) is 150 Å². The minimum atomic E-state index is -0.719. The number of aryl methyl sites for hydroxylation is 2. The summed E-state index contributed by atoms with van der Waals surface area (Å²) in [7, 11) is 0. The van der Waals surface area contributed by atoms with Gasteiger partial charge in [-0.25, -0.2) is 4.79 Å². The number of nitrogens with zero attached hydrogens (tertiary/aromatic N) is 3. The van der Waals surface area contributed by atoms with E-state index in [9.17, 15) is 25.0 Å². The third-order valence-corrected chi connectivity index (χ3v) is 7.05. The Morgan fingerprint density at radius 3 is 2.26 bits per heavy atom. The maximum absolute atomic E-state index is 13.0. The van der Waals surface area contributed by atoms with Crippen LogP contribution in [0.3, 0.4) is 0 Å². The first-order valence-corrected chi connectivity index (χ1v) is 13.3. The predicted molar refractivity (Wildman–Crippen MR) is 163 cm³/mol. The fraction of sp³-hybridized carbons (Fsp3) is 0.125. The highest BCUT2D eigenvalue weighted by atomic mass is 16.6. The number of anilines is 1. The third kappa shape index (κ3) is 6.25. The Morgan fingerprint density at radius 1 is 0.884 bits per heavy atom. The second kappa shape index (κ2) is 12.4. The van der Waals surface area contributed by atoms with Gasteiger partial charge in [-0.05, 0) is 43.2 Å². The molecule has 216 valence electrons. The number of hydrogen-bond acceptors (Lipinski definition) is 9. The smallest absolute Gasteiger partial charge is 0.340 e. The summed E-state index contributed by atoms with van der Waals surface area (Å²) in [5.74, 6) is 0.468. The second-order valence-corrected chi connectivity index (χ2v) is 9.76. The SMILES string of the molecule is Cc1c(Cc2ccccc2)c(=O)oc2c(C)c(OC/C(=N/Nc3ccc([N+](=O)[O-])cc3[N+](=O)[O-])c3ccccc3)ccc12. The van der Waals surface area contributed by atoms with Crippen LogP contribution in [0, 0.1) is 34.1 Å². The van der Waals surface area contributed by atoms with Gasteiger partial charge in [0.25, 0.3) is 5.69 Å². The van der Waals surface area contributed by atoms with Crippen LogP contribution in [-0.4, -0.2) is 22.2 Å². The van der Waals surface area contributed by atoms with E-state index in [-0.39, 0.29) is 12.3 Å². The van der Waals surface area contributed by atoms with Gasteiger partial charge in [0.1, 0.15) is 29.3 Å². The van der Waals surface area contributed by atoms with Gasteiger partial charge in [-0.1, -0.05) is 60.7 Å². The molecule has 4 aromatic carbocycles. The molecular formula is C32H26N4O7. The third-order valence-electron chi connectivity index (χ3n) is 7.05. The lowest BCUT2D eigenvalue weighted by Crippen LogP contribution is -2.16. The van der Waals surface area contributed by atoms with Crippen molar-refractivity contribution in [1.82, 2.24) is 0 Å². The van der Waals surface area contributed by atoms with Crippen LogP contribution in [0.1, 0.15) is 27.8 Å². The molecule has 0 saturated carbocycles. The molecule has 1 N–H and O–H groups in total. The van der Waals surface area contributed by atoms with Crippen LogP contribution in [0.25, 0.3) is 11.0 Å². The normalized spacial score (nSPS) is 11.3. The van der Waals surface area contributed by atoms with Gasteiger partial charge in [-0.2, -0.15) is 5.10 Å². The summed E-state index contributed by atoms with van der Waals surface area (Å²) in [6.07, 6.45) is 0.457. The summed E-state index contributed by atoms with van der Waals surface area (Å²) in [5, 5.41) is 27.8. The quantitative estimate of drug-likeness (QED) is 0.0831. The number of fused-ring (bicyclic) bond motifs is 1. The van der Waals surface area contributed by atoms with Crippen LogP contribution >= 0.6 is 0 Å². The fourth-order valence-corrected chi connectivity index (χ4v) is 4.70. The number of non-ortho nitro benzene ring substituents is 1. The molecule has 0 amide bonds. The summed E-state index contributed by atoms with van der Waals surface area (Å²) in [5.41, 5.74) is 5.93. The molecule has 11 heteroatoms. The minimum Gasteiger partial charge on any atom is -0.487 e. The monoisotopic (exact) mass is 578 g/mol. The Hall–Kier alpha value is -5.84. The number of ether oxygens (including phenoxy) is 1. The molecule has 11 nitrogen and oxygen atoms in total. The number of nitro groups is 2. The van der Waals surface area contributed by atoms with Gasteiger partial charge >= 0.3 is 11.3 Å². The Morgan fingerprint density at radius 2 is 1.58 bits per heavy atom. The van der Waals surface area contributed by atoms with Crippen molar-refractivity contribution in [2.75, 3.05) is 12.0 Å². The standard InChI is InChI=1S/C32H26N4O7/c1-20-25-14-16-30(21(2)31(25)43-32(37)26(20)17-22-9-5-3-6-10-22)42-19-28(23-11-7-4-8-12-23)34-33-27-15-13-24(35(38)39)18-29(27)36(40)41/h3-16,18,33H,17,19H2,1-2H3/b34-28-. The van der Waals surface area contributed by atoms with Crippen molar-refractivity contribution >= 4 is 33.7 Å². The number of nitro benzene ring substituents is 2. The summed E-state index contributed by atoms with van der Waals surface area (Å²) >= 11 is 0. The Kier molecular flexibility index (Phi) is 8.24. The van der Waals surface area contributed by atoms with Crippen molar-refractivity contribution in [3.05, 3.63) is 149 Å². The molecule has 0 aliphatic rings. The zero-order chi connectivity index (χ0) is 30.5. The van der Waals surface area contributed by atoms with Crippen molar-refractivity contribution < 1.29 is 19.0 Å². The second-order valence-electron chi connectivity index (χ2n) is 9.76. The van der Waals surface area contributed by atoms with Crippen molar-refractivity contribution in [3.63, 3.8) is 0 Å². The Bertz CT molecular complexity index is 1920. The molecule has 0 aliphatic heterocycles. The molecule has 0 fully saturated rings. The van der Waals surface area contributed by atoms with Gasteiger partial charge in [0, 0.05) is 34.6 Å². The number of nitrogens with one attached hydrogen (secondary N) is 1. The van der Waals surface area contributed by atoms with E-state index in [1.807, 2.05) is 61.5 Å². The van der Waals surface area contributed by atoms with Crippen molar-refractivity contribution in [1.29, 1.82) is 0 Å². The number of rotatable bonds is 10. The molecule has 0 aliphatic carbocycles. The zero-order valence-corrected chi connectivity index (χ0v) is 23.3. The van der Waals surface area contributed by atoms with Gasteiger partial charge in [-0.15, -0.1) is 0 Å². The first kappa shape index (κ1) is 28.7. The van der Waals surface area contributed by atoms with E-state index in [1.54, 1.807) is 25.1 Å². The van der Waals surface area contributed by atoms with Gasteiger partial charge in [0.2, 0.25) is 0 Å². The van der Waals surface area contributed by atoms with Gasteiger partial charge < -0.3 is 9.15 Å². The summed E-state index contributed by atoms with van der Waals surface area (Å²) in [6, 6.07) is 25.7. The molecule has 0 unspecified atom stereocenters. The molecule has 1 heterocycles. The molecule has 5 rings (SSSR count). The molecule has 0 radical (unpaired) electrons. The van der Waals surface area contributed by atoms with Gasteiger partial charge in [0.15, 0.2) is 0 Å². The largest absolute Gasteiger partial charge is 0.487 e. The summed E-state index contributed by atoms with van der Waals surface area (Å²) in [6.45, 7) is 3.66. The Labute approximate surface area is 245 Å². The van der Waals surface area contributed by atoms with E-state index >= 15 is 0 Å². The van der Waals surface area contributed by atoms with Crippen molar-refractivity contribution in [2.24, 2.45) is 5.10 Å². The maximum Gasteiger partial charge on any atom is 0.340 e. The lowest BCUT2D eigenvalue weighted by atomic mass is 9.98. The van der Waals surface area contributed by atoms with Crippen LogP contribution in [0.2, 0.25) is 0 Å². The van der Waals surface area contributed by atoms with E-state index in [0.717, 1.165) is 28.6 Å². The molecule has 0 spiro atoms. The van der Waals surface area contributed by atoms with E-state index in [1.165, 1.54) is 6.07 Å². The summed E-state index contributed by atoms with van der Waals surface area (Å²) < 4.78 is 11.9. The van der Waals surface area contributed by atoms with Crippen LogP contribution in [0.4, 0.5) is 17.1 Å². The molecular weight excluding hydrogens is 552 g/mol. The van der Waals surface area contributed by atoms with E-state index in [4.69, 9.17) is 9.15 Å². The maximum atomic E-state index is 13.0. The van der Waals surface area contributed by atoms with E-state index in [2.05, 4.69) is 10.5 Å². The fourth-order valence-electron chi connectivity index (χ4n) is 4.70. The van der Waals surface area contributed by atoms with E-state index in [0.29, 0.717) is 40.2 Å². The van der Waals surface area contributed by atoms with Crippen molar-refractivity contribution in [2.45, 2.75) is 20.3 Å². The lowest BCUT2D eigenvalue weighted by molar-refractivity contribution is -0.393. The number of benzene rings is 4. The lowest BCUT2D eigenvalue weighted by Gasteiger charge is -2.14. The number of hydrazone groups is 1. The predicted octanol–water partition coefficient (Wildman–Crippen LogP) is 6.71. The summed E-state index contributed by atoms with van der Waals surface area (Å²) in [4.78, 5) is 34.2. The highest BCUT2D eigenvalue weighted by molar-refractivity contribution is 6.02. The molecule has 43 heavy (non-hydrogen) atoms. The van der Waals surface area contributed by atoms with Crippen molar-refractivity contribution in [3.8, 4) is 5.75 Å². The van der Waals surface area contributed by atoms with Crippen LogP contribution in [-0.2, 0) is 6.42 Å². The molecule has 5 aromatic rings. The van der Waals surface area contributed by atoms with E-state index < -0.39 is 26.8 Å². The minimum absolute atomic E-state index is 0.0190. The highest BCUT2D eigenvalue weighted by Crippen LogP contribution is 2.31. The average Bonchev–Trinajstić information content (AvgIpc) is 3.01. The Balaban J connectivity index is 1.44. The van der Waals surface area contributed by atoms with Gasteiger partial charge in [0.05, 0.1) is 15.9 Å². The first-order valence-electron chi connectivity index (χ1n) is 13.3. The number of hydrogen-bond donors (Lipinski definition) is 1. The average molecular weight is 579 g/mol. The van der Waals surface area contributed by atoms with Gasteiger partial charge in [-0.3, -0.25) is 25.7 Å². The van der Waals surface area contributed by atoms with Crippen LogP contribution in [0.15, 0.2) is 105 Å². The van der Waals surface area contributed by atoms with Crippen LogP contribution in [0.5, 0.6) is 5.75 Å². The van der Waals surface area contributed by atoms with Crippen LogP contribution < -0.4 is 15.8 Å². The molecule has 1 aromatic heterocycles. The highest BCUT2D eigenvalue weighted by Gasteiger charge is 2.20. The zero-order valence-electron chi connectivity index (χ0n) is 23.3. The molecule has 0 saturated heterocycles. The molecule has 0 atom stereocenters. The first-order chi connectivity index (χ1) is 20.7.